The number of hydrogen-bond donors (Lipinski definition) is 2. The predicted octanol–water partition coefficient (Wildman–Crippen LogP) is 3.08. The third kappa shape index (κ3) is 4.63. The summed E-state index contributed by atoms with van der Waals surface area (Å²) in [7, 11) is 1.64. The van der Waals surface area contributed by atoms with Gasteiger partial charge in [-0.3, -0.25) is 0 Å². The lowest BCUT2D eigenvalue weighted by molar-refractivity contribution is 0.165. The van der Waals surface area contributed by atoms with Crippen LogP contribution in [0.25, 0.3) is 0 Å². The molecule has 1 aromatic rings. The van der Waals surface area contributed by atoms with Gasteiger partial charge in [0.2, 0.25) is 0 Å². The van der Waals surface area contributed by atoms with E-state index in [9.17, 15) is 4.79 Å². The largest absolute Gasteiger partial charge is 0.383 e. The highest BCUT2D eigenvalue weighted by molar-refractivity contribution is 5.89. The molecule has 0 spiro atoms. The fourth-order valence-electron chi connectivity index (χ4n) is 2.74. The molecule has 0 aliphatic carbocycles. The Morgan fingerprint density at radius 3 is 2.68 bits per heavy atom. The Morgan fingerprint density at radius 1 is 1.41 bits per heavy atom. The first-order chi connectivity index (χ1) is 10.6. The maximum absolute atomic E-state index is 12.0. The van der Waals surface area contributed by atoms with Crippen molar-refractivity contribution in [2.75, 3.05) is 37.0 Å². The van der Waals surface area contributed by atoms with Gasteiger partial charge in [-0.1, -0.05) is 13.8 Å². The van der Waals surface area contributed by atoms with Crippen molar-refractivity contribution < 1.29 is 9.53 Å². The van der Waals surface area contributed by atoms with E-state index in [0.717, 1.165) is 31.1 Å². The summed E-state index contributed by atoms with van der Waals surface area (Å²) in [5.41, 5.74) is 2.03. The van der Waals surface area contributed by atoms with Crippen LogP contribution in [0.3, 0.4) is 0 Å². The van der Waals surface area contributed by atoms with Crippen molar-refractivity contribution in [3.8, 4) is 0 Å². The number of rotatable bonds is 6. The molecule has 0 aromatic heterocycles. The maximum Gasteiger partial charge on any atom is 0.319 e. The van der Waals surface area contributed by atoms with Crippen LogP contribution in [0.4, 0.5) is 16.2 Å². The van der Waals surface area contributed by atoms with E-state index in [2.05, 4.69) is 34.6 Å². The number of carbonyl (C=O) groups is 1. The summed E-state index contributed by atoms with van der Waals surface area (Å²) in [5.74, 6) is 0.760. The molecule has 0 saturated carbocycles. The molecule has 2 amide bonds. The van der Waals surface area contributed by atoms with E-state index in [0.29, 0.717) is 6.61 Å². The number of benzene rings is 1. The van der Waals surface area contributed by atoms with Gasteiger partial charge >= 0.3 is 6.03 Å². The van der Waals surface area contributed by atoms with Crippen molar-refractivity contribution in [3.63, 3.8) is 0 Å². The minimum absolute atomic E-state index is 0.0374. The normalized spacial score (nSPS) is 19.0. The summed E-state index contributed by atoms with van der Waals surface area (Å²) >= 11 is 0. The molecule has 2 rings (SSSR count). The minimum atomic E-state index is -0.188. The van der Waals surface area contributed by atoms with E-state index in [1.165, 1.54) is 12.1 Å². The second-order valence-electron chi connectivity index (χ2n) is 6.05. The SMILES string of the molecule is CC[C@H](COC)NC(=O)Nc1ccc(N2CC[C@H](C)C2)cc1. The van der Waals surface area contributed by atoms with Crippen molar-refractivity contribution in [3.05, 3.63) is 24.3 Å². The Kier molecular flexibility index (Phi) is 6.07. The van der Waals surface area contributed by atoms with E-state index in [1.54, 1.807) is 7.11 Å². The van der Waals surface area contributed by atoms with Gasteiger partial charge in [-0.15, -0.1) is 0 Å². The van der Waals surface area contributed by atoms with E-state index >= 15 is 0 Å². The molecule has 1 aliphatic rings. The topological polar surface area (TPSA) is 53.6 Å². The molecule has 1 aromatic carbocycles. The number of methoxy groups -OCH3 is 1. The van der Waals surface area contributed by atoms with Gasteiger partial charge < -0.3 is 20.3 Å². The molecule has 2 atom stereocenters. The Bertz CT molecular complexity index is 475. The van der Waals surface area contributed by atoms with Crippen molar-refractivity contribution >= 4 is 17.4 Å². The first-order valence-corrected chi connectivity index (χ1v) is 8.03. The van der Waals surface area contributed by atoms with Gasteiger partial charge in [0.05, 0.1) is 12.6 Å². The van der Waals surface area contributed by atoms with E-state index < -0.39 is 0 Å². The molecule has 1 heterocycles. The van der Waals surface area contributed by atoms with Crippen molar-refractivity contribution in [2.45, 2.75) is 32.7 Å². The highest BCUT2D eigenvalue weighted by Crippen LogP contribution is 2.24. The van der Waals surface area contributed by atoms with Crippen LogP contribution >= 0.6 is 0 Å². The number of nitrogens with zero attached hydrogens (tertiary/aromatic N) is 1. The molecule has 1 saturated heterocycles. The third-order valence-electron chi connectivity index (χ3n) is 4.11. The molecule has 5 nitrogen and oxygen atoms in total. The Morgan fingerprint density at radius 2 is 2.14 bits per heavy atom. The molecule has 0 radical (unpaired) electrons. The number of amides is 2. The number of hydrogen-bond acceptors (Lipinski definition) is 3. The highest BCUT2D eigenvalue weighted by atomic mass is 16.5. The number of anilines is 2. The second-order valence-corrected chi connectivity index (χ2v) is 6.05. The number of ether oxygens (including phenoxy) is 1. The molecule has 5 heteroatoms. The van der Waals surface area contributed by atoms with Crippen LogP contribution in [0, 0.1) is 5.92 Å². The fraction of sp³-hybridized carbons (Fsp3) is 0.588. The lowest BCUT2D eigenvalue weighted by Gasteiger charge is -2.19. The van der Waals surface area contributed by atoms with E-state index in [4.69, 9.17) is 4.74 Å². The fourth-order valence-corrected chi connectivity index (χ4v) is 2.74. The molecule has 22 heavy (non-hydrogen) atoms. The predicted molar refractivity (Wildman–Crippen MR) is 90.5 cm³/mol. The van der Waals surface area contributed by atoms with Crippen LogP contribution in [0.15, 0.2) is 24.3 Å². The van der Waals surface area contributed by atoms with Crippen LogP contribution < -0.4 is 15.5 Å². The third-order valence-corrected chi connectivity index (χ3v) is 4.11. The Hall–Kier alpha value is -1.75. The smallest absolute Gasteiger partial charge is 0.319 e. The highest BCUT2D eigenvalue weighted by Gasteiger charge is 2.18. The van der Waals surface area contributed by atoms with Gasteiger partial charge in [0.25, 0.3) is 0 Å². The Balaban J connectivity index is 1.86. The van der Waals surface area contributed by atoms with E-state index in [1.807, 2.05) is 19.1 Å². The molecule has 0 unspecified atom stereocenters. The monoisotopic (exact) mass is 305 g/mol. The molecular formula is C17H27N3O2. The average Bonchev–Trinajstić information content (AvgIpc) is 2.94. The maximum atomic E-state index is 12.0. The summed E-state index contributed by atoms with van der Waals surface area (Å²) in [6.07, 6.45) is 2.09. The van der Waals surface area contributed by atoms with E-state index in [-0.39, 0.29) is 12.1 Å². The summed E-state index contributed by atoms with van der Waals surface area (Å²) in [6.45, 7) is 7.06. The first kappa shape index (κ1) is 16.6. The van der Waals surface area contributed by atoms with Gasteiger partial charge in [0, 0.05) is 31.6 Å². The van der Waals surface area contributed by atoms with Gasteiger partial charge in [-0.2, -0.15) is 0 Å². The van der Waals surface area contributed by atoms with Gasteiger partial charge in [-0.25, -0.2) is 4.79 Å². The summed E-state index contributed by atoms with van der Waals surface area (Å²) in [4.78, 5) is 14.3. The average molecular weight is 305 g/mol. The van der Waals surface area contributed by atoms with Crippen molar-refractivity contribution in [1.29, 1.82) is 0 Å². The second kappa shape index (κ2) is 8.03. The van der Waals surface area contributed by atoms with Crippen LogP contribution in [0.2, 0.25) is 0 Å². The Labute approximate surface area is 133 Å². The molecule has 2 N–H and O–H groups in total. The lowest BCUT2D eigenvalue weighted by atomic mass is 10.2. The minimum Gasteiger partial charge on any atom is -0.383 e. The van der Waals surface area contributed by atoms with Crippen LogP contribution in [-0.2, 0) is 4.74 Å². The summed E-state index contributed by atoms with van der Waals surface area (Å²) in [6, 6.07) is 7.90. The van der Waals surface area contributed by atoms with Gasteiger partial charge in [0.15, 0.2) is 0 Å². The molecule has 122 valence electrons. The van der Waals surface area contributed by atoms with Crippen molar-refractivity contribution in [2.24, 2.45) is 5.92 Å². The molecule has 0 bridgehead atoms. The molecule has 1 fully saturated rings. The van der Waals surface area contributed by atoms with Crippen LogP contribution in [0.5, 0.6) is 0 Å². The molecule has 1 aliphatic heterocycles. The zero-order chi connectivity index (χ0) is 15.9. The van der Waals surface area contributed by atoms with Gasteiger partial charge in [-0.05, 0) is 43.0 Å². The zero-order valence-electron chi connectivity index (χ0n) is 13.8. The van der Waals surface area contributed by atoms with Gasteiger partial charge in [0.1, 0.15) is 0 Å². The summed E-state index contributed by atoms with van der Waals surface area (Å²) < 4.78 is 5.08. The van der Waals surface area contributed by atoms with Crippen LogP contribution in [0.1, 0.15) is 26.7 Å². The summed E-state index contributed by atoms with van der Waals surface area (Å²) in [5, 5.41) is 5.77. The number of carbonyl (C=O) groups excluding carboxylic acids is 1. The van der Waals surface area contributed by atoms with Crippen molar-refractivity contribution in [1.82, 2.24) is 5.32 Å². The quantitative estimate of drug-likeness (QED) is 0.849. The lowest BCUT2D eigenvalue weighted by Crippen LogP contribution is -2.40. The standard InChI is InChI=1S/C17H27N3O2/c1-4-14(12-22-3)18-17(21)19-15-5-7-16(8-6-15)20-10-9-13(2)11-20/h5-8,13-14H,4,9-12H2,1-3H3,(H2,18,19,21)/t13-,14+/m0/s1. The first-order valence-electron chi connectivity index (χ1n) is 8.03. The van der Waals surface area contributed by atoms with Crippen LogP contribution in [-0.4, -0.2) is 38.9 Å². The number of nitrogens with one attached hydrogen (secondary N) is 2. The number of urea groups is 1. The zero-order valence-corrected chi connectivity index (χ0v) is 13.8. The molecular weight excluding hydrogens is 278 g/mol.